The first-order valence-electron chi connectivity index (χ1n) is 4.84. The first kappa shape index (κ1) is 8.42. The molecule has 1 aromatic carbocycles. The third-order valence-corrected chi connectivity index (χ3v) is 2.57. The van der Waals surface area contributed by atoms with Crippen molar-refractivity contribution < 1.29 is 4.74 Å². The van der Waals surface area contributed by atoms with Crippen molar-refractivity contribution in [3.63, 3.8) is 0 Å². The molecule has 13 heavy (non-hydrogen) atoms. The molecule has 70 valence electrons. The molecule has 0 radical (unpaired) electrons. The highest BCUT2D eigenvalue weighted by Crippen LogP contribution is 2.29. The largest absolute Gasteiger partial charge is 0.490 e. The molecule has 1 unspecified atom stereocenters. The fourth-order valence-corrected chi connectivity index (χ4v) is 1.75. The second-order valence-electron chi connectivity index (χ2n) is 3.55. The summed E-state index contributed by atoms with van der Waals surface area (Å²) in [5.74, 6) is 1.02. The van der Waals surface area contributed by atoms with Gasteiger partial charge in [-0.3, -0.25) is 0 Å². The topological polar surface area (TPSA) is 35.2 Å². The average Bonchev–Trinajstić information content (AvgIpc) is 2.17. The SMILES string of the molecule is CCC1CCc2cc(N)ccc2O1. The van der Waals surface area contributed by atoms with Gasteiger partial charge < -0.3 is 10.5 Å². The number of aryl methyl sites for hydroxylation is 1. The highest BCUT2D eigenvalue weighted by atomic mass is 16.5. The predicted octanol–water partition coefficient (Wildman–Crippen LogP) is 2.37. The zero-order valence-electron chi connectivity index (χ0n) is 7.92. The Balaban J connectivity index is 2.26. The lowest BCUT2D eigenvalue weighted by Crippen LogP contribution is -2.21. The lowest BCUT2D eigenvalue weighted by Gasteiger charge is -2.25. The van der Waals surface area contributed by atoms with Crippen LogP contribution in [-0.4, -0.2) is 6.10 Å². The summed E-state index contributed by atoms with van der Waals surface area (Å²) in [6, 6.07) is 5.89. The van der Waals surface area contributed by atoms with Crippen LogP contribution in [0, 0.1) is 0 Å². The summed E-state index contributed by atoms with van der Waals surface area (Å²) in [7, 11) is 0. The molecule has 0 spiro atoms. The third-order valence-electron chi connectivity index (χ3n) is 2.57. The Labute approximate surface area is 78.7 Å². The third kappa shape index (κ3) is 1.62. The molecule has 0 saturated carbocycles. The van der Waals surface area contributed by atoms with E-state index in [1.165, 1.54) is 5.56 Å². The number of anilines is 1. The highest BCUT2D eigenvalue weighted by molar-refractivity contribution is 5.48. The van der Waals surface area contributed by atoms with Gasteiger partial charge in [-0.15, -0.1) is 0 Å². The van der Waals surface area contributed by atoms with E-state index in [9.17, 15) is 0 Å². The summed E-state index contributed by atoms with van der Waals surface area (Å²) >= 11 is 0. The van der Waals surface area contributed by atoms with Crippen LogP contribution in [0.15, 0.2) is 18.2 Å². The summed E-state index contributed by atoms with van der Waals surface area (Å²) in [6.45, 7) is 2.16. The van der Waals surface area contributed by atoms with Crippen molar-refractivity contribution in [2.24, 2.45) is 0 Å². The Bertz CT molecular complexity index is 309. The molecule has 2 heteroatoms. The standard InChI is InChI=1S/C11H15NO/c1-2-10-5-3-8-7-9(12)4-6-11(8)13-10/h4,6-7,10H,2-3,5,12H2,1H3. The van der Waals surface area contributed by atoms with Gasteiger partial charge in [-0.05, 0) is 43.0 Å². The van der Waals surface area contributed by atoms with Gasteiger partial charge in [-0.2, -0.15) is 0 Å². The van der Waals surface area contributed by atoms with Crippen LogP contribution in [0.2, 0.25) is 0 Å². The van der Waals surface area contributed by atoms with Gasteiger partial charge in [-0.25, -0.2) is 0 Å². The second kappa shape index (κ2) is 3.29. The maximum absolute atomic E-state index is 5.78. The molecule has 1 heterocycles. The molecular formula is C11H15NO. The fraction of sp³-hybridized carbons (Fsp3) is 0.455. The molecule has 2 nitrogen and oxygen atoms in total. The van der Waals surface area contributed by atoms with Crippen LogP contribution in [0.5, 0.6) is 5.75 Å². The summed E-state index contributed by atoms with van der Waals surface area (Å²) in [5.41, 5.74) is 7.78. The lowest BCUT2D eigenvalue weighted by molar-refractivity contribution is 0.169. The Morgan fingerprint density at radius 1 is 1.54 bits per heavy atom. The summed E-state index contributed by atoms with van der Waals surface area (Å²) in [4.78, 5) is 0. The fourth-order valence-electron chi connectivity index (χ4n) is 1.75. The van der Waals surface area contributed by atoms with E-state index in [-0.39, 0.29) is 0 Å². The quantitative estimate of drug-likeness (QED) is 0.668. The van der Waals surface area contributed by atoms with Crippen LogP contribution in [-0.2, 0) is 6.42 Å². The van der Waals surface area contributed by atoms with E-state index in [0.29, 0.717) is 6.10 Å². The first-order valence-corrected chi connectivity index (χ1v) is 4.84. The van der Waals surface area contributed by atoms with Gasteiger partial charge in [0.15, 0.2) is 0 Å². The van der Waals surface area contributed by atoms with E-state index < -0.39 is 0 Å². The molecule has 0 bridgehead atoms. The molecule has 0 fully saturated rings. The van der Waals surface area contributed by atoms with Crippen molar-refractivity contribution in [1.29, 1.82) is 0 Å². The molecule has 2 N–H and O–H groups in total. The zero-order chi connectivity index (χ0) is 9.26. The summed E-state index contributed by atoms with van der Waals surface area (Å²) < 4.78 is 5.78. The minimum absolute atomic E-state index is 0.399. The highest BCUT2D eigenvalue weighted by Gasteiger charge is 2.17. The monoisotopic (exact) mass is 177 g/mol. The number of nitrogen functional groups attached to an aromatic ring is 1. The van der Waals surface area contributed by atoms with Gasteiger partial charge in [0.2, 0.25) is 0 Å². The number of ether oxygens (including phenoxy) is 1. The molecule has 2 rings (SSSR count). The molecule has 0 amide bonds. The van der Waals surface area contributed by atoms with E-state index in [0.717, 1.165) is 30.7 Å². The average molecular weight is 177 g/mol. The van der Waals surface area contributed by atoms with Crippen LogP contribution in [0.4, 0.5) is 5.69 Å². The van der Waals surface area contributed by atoms with Gasteiger partial charge in [0.05, 0.1) is 6.10 Å². The van der Waals surface area contributed by atoms with Gasteiger partial charge in [0, 0.05) is 5.69 Å². The van der Waals surface area contributed by atoms with Crippen LogP contribution < -0.4 is 10.5 Å². The molecule has 1 atom stereocenters. The van der Waals surface area contributed by atoms with Crippen LogP contribution in [0.25, 0.3) is 0 Å². The van der Waals surface area contributed by atoms with Crippen molar-refractivity contribution in [1.82, 2.24) is 0 Å². The molecule has 1 aliphatic heterocycles. The first-order chi connectivity index (χ1) is 6.29. The van der Waals surface area contributed by atoms with Crippen molar-refractivity contribution in [3.8, 4) is 5.75 Å². The van der Waals surface area contributed by atoms with Crippen LogP contribution in [0.1, 0.15) is 25.3 Å². The Morgan fingerprint density at radius 3 is 3.15 bits per heavy atom. The number of hydrogen-bond acceptors (Lipinski definition) is 2. The molecule has 0 aromatic heterocycles. The minimum atomic E-state index is 0.399. The Kier molecular flexibility index (Phi) is 2.13. The number of nitrogens with two attached hydrogens (primary N) is 1. The van der Waals surface area contributed by atoms with Crippen molar-refractivity contribution in [2.45, 2.75) is 32.3 Å². The van der Waals surface area contributed by atoms with Gasteiger partial charge in [0.25, 0.3) is 0 Å². The smallest absolute Gasteiger partial charge is 0.123 e. The maximum atomic E-state index is 5.78. The number of benzene rings is 1. The normalized spacial score (nSPS) is 20.5. The van der Waals surface area contributed by atoms with Gasteiger partial charge >= 0.3 is 0 Å². The maximum Gasteiger partial charge on any atom is 0.123 e. The number of hydrogen-bond donors (Lipinski definition) is 1. The van der Waals surface area contributed by atoms with E-state index >= 15 is 0 Å². The van der Waals surface area contributed by atoms with Gasteiger partial charge in [-0.1, -0.05) is 6.92 Å². The van der Waals surface area contributed by atoms with E-state index in [1.54, 1.807) is 0 Å². The summed E-state index contributed by atoms with van der Waals surface area (Å²) in [5, 5.41) is 0. The molecular weight excluding hydrogens is 162 g/mol. The van der Waals surface area contributed by atoms with Crippen molar-refractivity contribution in [2.75, 3.05) is 5.73 Å². The van der Waals surface area contributed by atoms with E-state index in [2.05, 4.69) is 6.92 Å². The van der Waals surface area contributed by atoms with Crippen molar-refractivity contribution in [3.05, 3.63) is 23.8 Å². The Hall–Kier alpha value is -1.18. The zero-order valence-corrected chi connectivity index (χ0v) is 7.92. The minimum Gasteiger partial charge on any atom is -0.490 e. The number of rotatable bonds is 1. The molecule has 1 aromatic rings. The predicted molar refractivity (Wildman–Crippen MR) is 53.9 cm³/mol. The van der Waals surface area contributed by atoms with E-state index in [4.69, 9.17) is 10.5 Å². The van der Waals surface area contributed by atoms with Crippen LogP contribution in [0.3, 0.4) is 0 Å². The molecule has 1 aliphatic rings. The summed E-state index contributed by atoms with van der Waals surface area (Å²) in [6.07, 6.45) is 3.70. The van der Waals surface area contributed by atoms with E-state index in [1.807, 2.05) is 18.2 Å². The molecule has 0 aliphatic carbocycles. The van der Waals surface area contributed by atoms with Crippen LogP contribution >= 0.6 is 0 Å². The molecule has 0 saturated heterocycles. The Morgan fingerprint density at radius 2 is 2.38 bits per heavy atom. The lowest BCUT2D eigenvalue weighted by atomic mass is 10.0. The van der Waals surface area contributed by atoms with Gasteiger partial charge in [0.1, 0.15) is 5.75 Å². The number of fused-ring (bicyclic) bond motifs is 1. The van der Waals surface area contributed by atoms with Crippen molar-refractivity contribution >= 4 is 5.69 Å². The second-order valence-corrected chi connectivity index (χ2v) is 3.55.